The fourth-order valence-corrected chi connectivity index (χ4v) is 1.63. The summed E-state index contributed by atoms with van der Waals surface area (Å²) >= 11 is 11.5. The van der Waals surface area contributed by atoms with E-state index in [4.69, 9.17) is 27.9 Å². The number of pyridine rings is 1. The zero-order chi connectivity index (χ0) is 7.84. The van der Waals surface area contributed by atoms with Crippen LogP contribution in [-0.2, 0) is 18.0 Å². The monoisotopic (exact) mass is 189 g/mol. The number of halogens is 2. The van der Waals surface area contributed by atoms with E-state index >= 15 is 0 Å². The molecule has 2 heterocycles. The Hall–Kier alpha value is -0.310. The molecule has 2 rings (SSSR count). The van der Waals surface area contributed by atoms with E-state index in [2.05, 4.69) is 4.98 Å². The summed E-state index contributed by atoms with van der Waals surface area (Å²) in [6, 6.07) is 1.79. The minimum atomic E-state index is 0.430. The van der Waals surface area contributed by atoms with Crippen molar-refractivity contribution in [1.82, 2.24) is 4.98 Å². The first-order valence-corrected chi connectivity index (χ1v) is 3.94. The molecule has 4 heteroatoms. The topological polar surface area (TPSA) is 22.1 Å². The molecule has 0 atom stereocenters. The molecular formula is C7H5Cl2NO. The average molecular weight is 190 g/mol. The van der Waals surface area contributed by atoms with Gasteiger partial charge in [0.2, 0.25) is 0 Å². The summed E-state index contributed by atoms with van der Waals surface area (Å²) in [4.78, 5) is 3.90. The maximum absolute atomic E-state index is 5.80. The van der Waals surface area contributed by atoms with Gasteiger partial charge < -0.3 is 4.74 Å². The number of rotatable bonds is 0. The number of hydrogen-bond donors (Lipinski definition) is 0. The van der Waals surface area contributed by atoms with Gasteiger partial charge in [0, 0.05) is 5.56 Å². The van der Waals surface area contributed by atoms with Crippen molar-refractivity contribution in [3.8, 4) is 0 Å². The van der Waals surface area contributed by atoms with Crippen molar-refractivity contribution in [2.45, 2.75) is 13.2 Å². The second kappa shape index (κ2) is 2.63. The zero-order valence-electron chi connectivity index (χ0n) is 5.60. The lowest BCUT2D eigenvalue weighted by Gasteiger charge is -1.98. The number of ether oxygens (including phenoxy) is 1. The molecular weight excluding hydrogens is 185 g/mol. The minimum Gasteiger partial charge on any atom is -0.372 e. The Bertz CT molecular complexity index is 301. The molecule has 1 aromatic heterocycles. The predicted molar refractivity (Wildman–Crippen MR) is 42.8 cm³/mol. The third-order valence-corrected chi connectivity index (χ3v) is 2.15. The minimum absolute atomic E-state index is 0.430. The van der Waals surface area contributed by atoms with Crippen LogP contribution in [0.5, 0.6) is 0 Å². The van der Waals surface area contributed by atoms with Crippen LogP contribution in [0.2, 0.25) is 10.3 Å². The van der Waals surface area contributed by atoms with E-state index in [1.165, 1.54) is 0 Å². The highest BCUT2D eigenvalue weighted by Gasteiger charge is 2.16. The van der Waals surface area contributed by atoms with E-state index in [1.807, 2.05) is 0 Å². The van der Waals surface area contributed by atoms with E-state index in [9.17, 15) is 0 Å². The molecule has 58 valence electrons. The standard InChI is InChI=1S/C7H5Cl2NO/c8-6-1-4-2-11-3-5(4)7(9)10-6/h1H,2-3H2. The fourth-order valence-electron chi connectivity index (χ4n) is 1.10. The highest BCUT2D eigenvalue weighted by Crippen LogP contribution is 2.27. The van der Waals surface area contributed by atoms with Crippen LogP contribution in [0.15, 0.2) is 6.07 Å². The second-order valence-electron chi connectivity index (χ2n) is 2.37. The van der Waals surface area contributed by atoms with Crippen LogP contribution < -0.4 is 0 Å². The van der Waals surface area contributed by atoms with Gasteiger partial charge in [-0.2, -0.15) is 0 Å². The van der Waals surface area contributed by atoms with Crippen molar-refractivity contribution in [3.05, 3.63) is 27.5 Å². The number of aromatic nitrogens is 1. The maximum Gasteiger partial charge on any atom is 0.136 e. The highest BCUT2D eigenvalue weighted by molar-refractivity contribution is 6.33. The molecule has 2 nitrogen and oxygen atoms in total. The van der Waals surface area contributed by atoms with E-state index < -0.39 is 0 Å². The first-order valence-electron chi connectivity index (χ1n) is 3.19. The second-order valence-corrected chi connectivity index (χ2v) is 3.11. The Morgan fingerprint density at radius 1 is 1.36 bits per heavy atom. The highest BCUT2D eigenvalue weighted by atomic mass is 35.5. The molecule has 0 amide bonds. The summed E-state index contributed by atoms with van der Waals surface area (Å²) in [5.74, 6) is 0. The van der Waals surface area contributed by atoms with Gasteiger partial charge in [0.15, 0.2) is 0 Å². The average Bonchev–Trinajstić information content (AvgIpc) is 2.34. The van der Waals surface area contributed by atoms with Crippen LogP contribution in [0.1, 0.15) is 11.1 Å². The fraction of sp³-hybridized carbons (Fsp3) is 0.286. The number of nitrogens with zero attached hydrogens (tertiary/aromatic N) is 1. The molecule has 0 aliphatic carbocycles. The number of fused-ring (bicyclic) bond motifs is 1. The molecule has 0 radical (unpaired) electrons. The van der Waals surface area contributed by atoms with Gasteiger partial charge in [-0.25, -0.2) is 4.98 Å². The lowest BCUT2D eigenvalue weighted by molar-refractivity contribution is 0.134. The van der Waals surface area contributed by atoms with Gasteiger partial charge >= 0.3 is 0 Å². The maximum atomic E-state index is 5.80. The molecule has 0 saturated heterocycles. The van der Waals surface area contributed by atoms with Crippen LogP contribution >= 0.6 is 23.2 Å². The zero-order valence-corrected chi connectivity index (χ0v) is 7.11. The van der Waals surface area contributed by atoms with Crippen LogP contribution in [-0.4, -0.2) is 4.98 Å². The van der Waals surface area contributed by atoms with Crippen molar-refractivity contribution in [1.29, 1.82) is 0 Å². The van der Waals surface area contributed by atoms with Gasteiger partial charge in [0.25, 0.3) is 0 Å². The lowest BCUT2D eigenvalue weighted by atomic mass is 10.2. The Morgan fingerprint density at radius 2 is 2.18 bits per heavy atom. The van der Waals surface area contributed by atoms with Gasteiger partial charge in [-0.3, -0.25) is 0 Å². The van der Waals surface area contributed by atoms with Gasteiger partial charge in [0.05, 0.1) is 13.2 Å². The molecule has 0 saturated carbocycles. The van der Waals surface area contributed by atoms with E-state index in [1.54, 1.807) is 6.07 Å². The first-order chi connectivity index (χ1) is 5.27. The Kier molecular flexibility index (Phi) is 1.75. The molecule has 0 aromatic carbocycles. The SMILES string of the molecule is Clc1cc2c(c(Cl)n1)COC2. The third kappa shape index (κ3) is 1.22. The van der Waals surface area contributed by atoms with E-state index in [0.717, 1.165) is 11.1 Å². The molecule has 0 spiro atoms. The summed E-state index contributed by atoms with van der Waals surface area (Å²) in [7, 11) is 0. The van der Waals surface area contributed by atoms with Crippen LogP contribution in [0.4, 0.5) is 0 Å². The Labute approximate surface area is 74.1 Å². The van der Waals surface area contributed by atoms with Gasteiger partial charge in [0.1, 0.15) is 10.3 Å². The van der Waals surface area contributed by atoms with Gasteiger partial charge in [-0.1, -0.05) is 23.2 Å². The normalized spacial score (nSPS) is 15.1. The molecule has 1 aromatic rings. The summed E-state index contributed by atoms with van der Waals surface area (Å²) in [5, 5.41) is 0.893. The summed E-state index contributed by atoms with van der Waals surface area (Å²) in [6.45, 7) is 1.15. The lowest BCUT2D eigenvalue weighted by Crippen LogP contribution is -1.87. The smallest absolute Gasteiger partial charge is 0.136 e. The Morgan fingerprint density at radius 3 is 3.00 bits per heavy atom. The summed E-state index contributed by atoms with van der Waals surface area (Å²) in [6.07, 6.45) is 0. The molecule has 0 unspecified atom stereocenters. The van der Waals surface area contributed by atoms with Crippen LogP contribution in [0.3, 0.4) is 0 Å². The van der Waals surface area contributed by atoms with Crippen molar-refractivity contribution in [2.75, 3.05) is 0 Å². The Balaban J connectivity index is 2.60. The quantitative estimate of drug-likeness (QED) is 0.586. The molecule has 1 aliphatic rings. The first kappa shape index (κ1) is 7.35. The summed E-state index contributed by atoms with van der Waals surface area (Å²) in [5.41, 5.74) is 2.02. The molecule has 11 heavy (non-hydrogen) atoms. The molecule has 0 bridgehead atoms. The number of hydrogen-bond acceptors (Lipinski definition) is 2. The van der Waals surface area contributed by atoms with Gasteiger partial charge in [-0.15, -0.1) is 0 Å². The largest absolute Gasteiger partial charge is 0.372 e. The van der Waals surface area contributed by atoms with Crippen molar-refractivity contribution < 1.29 is 4.74 Å². The van der Waals surface area contributed by atoms with Crippen LogP contribution in [0, 0.1) is 0 Å². The van der Waals surface area contributed by atoms with Crippen LogP contribution in [0.25, 0.3) is 0 Å². The third-order valence-electron chi connectivity index (χ3n) is 1.64. The van der Waals surface area contributed by atoms with Crippen molar-refractivity contribution >= 4 is 23.2 Å². The van der Waals surface area contributed by atoms with Crippen molar-refractivity contribution in [3.63, 3.8) is 0 Å². The molecule has 0 fully saturated rings. The van der Waals surface area contributed by atoms with E-state index in [0.29, 0.717) is 23.5 Å². The van der Waals surface area contributed by atoms with Crippen molar-refractivity contribution in [2.24, 2.45) is 0 Å². The predicted octanol–water partition coefficient (Wildman–Crippen LogP) is 2.42. The summed E-state index contributed by atoms with van der Waals surface area (Å²) < 4.78 is 5.17. The molecule has 0 N–H and O–H groups in total. The molecule has 1 aliphatic heterocycles. The van der Waals surface area contributed by atoms with Gasteiger partial charge in [-0.05, 0) is 11.6 Å². The van der Waals surface area contributed by atoms with E-state index in [-0.39, 0.29) is 0 Å².